The summed E-state index contributed by atoms with van der Waals surface area (Å²) in [5.74, 6) is 0.356. The van der Waals surface area contributed by atoms with Gasteiger partial charge in [0, 0.05) is 16.7 Å². The van der Waals surface area contributed by atoms with E-state index in [9.17, 15) is 15.0 Å². The molecule has 4 aliphatic carbocycles. The molecule has 0 spiro atoms. The van der Waals surface area contributed by atoms with Crippen LogP contribution < -0.4 is 0 Å². The quantitative estimate of drug-likeness (QED) is 0.668. The maximum absolute atomic E-state index is 11.8. The molecular weight excluding hydrogens is 292 g/mol. The van der Waals surface area contributed by atoms with Crippen molar-refractivity contribution in [1.29, 1.82) is 0 Å². The van der Waals surface area contributed by atoms with Crippen LogP contribution >= 0.6 is 0 Å². The van der Waals surface area contributed by atoms with Crippen molar-refractivity contribution in [3.63, 3.8) is 0 Å². The third kappa shape index (κ3) is 1.47. The van der Waals surface area contributed by atoms with Crippen LogP contribution in [0.1, 0.15) is 39.5 Å². The van der Waals surface area contributed by atoms with Gasteiger partial charge in [-0.3, -0.25) is 4.79 Å². The van der Waals surface area contributed by atoms with Crippen molar-refractivity contribution >= 4 is 5.78 Å². The fraction of sp³-hybridized carbons (Fsp3) is 0.737. The molecule has 0 amide bonds. The van der Waals surface area contributed by atoms with E-state index in [1.165, 1.54) is 0 Å². The first kappa shape index (κ1) is 14.4. The van der Waals surface area contributed by atoms with E-state index in [1.807, 2.05) is 13.0 Å². The number of allylic oxidation sites excluding steroid dienone is 3. The zero-order valence-electron chi connectivity index (χ0n) is 13.7. The number of ether oxygens (including phenoxy) is 1. The summed E-state index contributed by atoms with van der Waals surface area (Å²) in [7, 11) is 0. The van der Waals surface area contributed by atoms with Gasteiger partial charge < -0.3 is 14.9 Å². The molecule has 0 unspecified atom stereocenters. The molecule has 0 radical (unpaired) electrons. The van der Waals surface area contributed by atoms with Gasteiger partial charge in [-0.05, 0) is 49.3 Å². The second kappa shape index (κ2) is 3.98. The maximum Gasteiger partial charge on any atom is 0.178 e. The van der Waals surface area contributed by atoms with E-state index in [0.29, 0.717) is 12.8 Å². The van der Waals surface area contributed by atoms with Crippen LogP contribution in [0.5, 0.6) is 0 Å². The molecule has 1 heterocycles. The van der Waals surface area contributed by atoms with Gasteiger partial charge in [0.25, 0.3) is 0 Å². The molecule has 23 heavy (non-hydrogen) atoms. The van der Waals surface area contributed by atoms with Crippen molar-refractivity contribution in [2.75, 3.05) is 0 Å². The number of aliphatic hydroxyl groups is 2. The normalized spacial score (nSPS) is 59.6. The zero-order valence-corrected chi connectivity index (χ0v) is 13.7. The summed E-state index contributed by atoms with van der Waals surface area (Å²) >= 11 is 0. The van der Waals surface area contributed by atoms with Crippen LogP contribution in [0, 0.1) is 22.7 Å². The number of carbonyl (C=O) groups excluding carboxylic acids is 1. The van der Waals surface area contributed by atoms with Gasteiger partial charge >= 0.3 is 0 Å². The van der Waals surface area contributed by atoms with Crippen molar-refractivity contribution in [3.8, 4) is 0 Å². The van der Waals surface area contributed by atoms with Crippen molar-refractivity contribution in [2.24, 2.45) is 22.7 Å². The fourth-order valence-electron chi connectivity index (χ4n) is 6.40. The minimum atomic E-state index is -0.863. The Bertz CT molecular complexity index is 666. The Balaban J connectivity index is 1.63. The lowest BCUT2D eigenvalue weighted by Crippen LogP contribution is -2.63. The molecule has 0 bridgehead atoms. The van der Waals surface area contributed by atoms with Gasteiger partial charge in [-0.2, -0.15) is 0 Å². The fourth-order valence-corrected chi connectivity index (χ4v) is 6.40. The summed E-state index contributed by atoms with van der Waals surface area (Å²) in [5, 5.41) is 22.1. The lowest BCUT2D eigenvalue weighted by Gasteiger charge is -2.58. The van der Waals surface area contributed by atoms with Crippen molar-refractivity contribution < 1.29 is 19.7 Å². The van der Waals surface area contributed by atoms with Crippen LogP contribution in [-0.2, 0) is 9.53 Å². The van der Waals surface area contributed by atoms with E-state index in [1.54, 1.807) is 12.2 Å². The molecule has 3 saturated carbocycles. The number of carbonyl (C=O) groups is 1. The number of rotatable bonds is 0. The predicted octanol–water partition coefficient (Wildman–Crippen LogP) is 1.76. The first-order chi connectivity index (χ1) is 10.8. The van der Waals surface area contributed by atoms with E-state index in [2.05, 4.69) is 6.92 Å². The third-order valence-corrected chi connectivity index (χ3v) is 7.95. The summed E-state index contributed by atoms with van der Waals surface area (Å²) < 4.78 is 5.99. The van der Waals surface area contributed by atoms with Crippen molar-refractivity contribution in [1.82, 2.24) is 0 Å². The summed E-state index contributed by atoms with van der Waals surface area (Å²) in [6.07, 6.45) is 8.11. The van der Waals surface area contributed by atoms with Gasteiger partial charge in [-0.15, -0.1) is 0 Å². The maximum atomic E-state index is 11.8. The van der Waals surface area contributed by atoms with Crippen molar-refractivity contribution in [2.45, 2.75) is 63.4 Å². The Labute approximate surface area is 136 Å². The molecule has 0 aromatic heterocycles. The van der Waals surface area contributed by atoms with Gasteiger partial charge in [0.05, 0.1) is 17.8 Å². The van der Waals surface area contributed by atoms with Crippen LogP contribution in [0.15, 0.2) is 23.8 Å². The largest absolute Gasteiger partial charge is 0.392 e. The van der Waals surface area contributed by atoms with Crippen LogP contribution in [0.4, 0.5) is 0 Å². The Hall–Kier alpha value is -0.970. The monoisotopic (exact) mass is 316 g/mol. The summed E-state index contributed by atoms with van der Waals surface area (Å²) in [5.41, 5.74) is -0.405. The van der Waals surface area contributed by atoms with E-state index in [4.69, 9.17) is 4.74 Å². The first-order valence-corrected chi connectivity index (χ1v) is 8.82. The lowest BCUT2D eigenvalue weighted by molar-refractivity contribution is -0.187. The van der Waals surface area contributed by atoms with E-state index >= 15 is 0 Å². The molecule has 5 rings (SSSR count). The minimum absolute atomic E-state index is 0.00792. The second-order valence-corrected chi connectivity index (χ2v) is 8.71. The molecule has 5 aliphatic rings. The molecule has 2 N–H and O–H groups in total. The topological polar surface area (TPSA) is 70.1 Å². The highest BCUT2D eigenvalue weighted by Crippen LogP contribution is 2.69. The Morgan fingerprint density at radius 1 is 1.26 bits per heavy atom. The van der Waals surface area contributed by atoms with E-state index < -0.39 is 17.1 Å². The molecule has 4 fully saturated rings. The Kier molecular flexibility index (Phi) is 2.49. The number of epoxide rings is 1. The van der Waals surface area contributed by atoms with Gasteiger partial charge in [-0.1, -0.05) is 19.9 Å². The highest BCUT2D eigenvalue weighted by Gasteiger charge is 2.73. The van der Waals surface area contributed by atoms with Gasteiger partial charge in [-0.25, -0.2) is 0 Å². The van der Waals surface area contributed by atoms with Crippen LogP contribution in [0.25, 0.3) is 0 Å². The average molecular weight is 316 g/mol. The molecule has 8 atom stereocenters. The zero-order chi connectivity index (χ0) is 16.2. The smallest absolute Gasteiger partial charge is 0.178 e. The lowest BCUT2D eigenvalue weighted by atomic mass is 9.46. The highest BCUT2D eigenvalue weighted by molar-refractivity contribution is 6.01. The van der Waals surface area contributed by atoms with Crippen LogP contribution in [0.3, 0.4) is 0 Å². The predicted molar refractivity (Wildman–Crippen MR) is 83.5 cm³/mol. The molecular formula is C19H24O4. The third-order valence-electron chi connectivity index (χ3n) is 7.95. The summed E-state index contributed by atoms with van der Waals surface area (Å²) in [6.45, 7) is 4.24. The average Bonchev–Trinajstić information content (AvgIpc) is 3.25. The Morgan fingerprint density at radius 2 is 2.04 bits per heavy atom. The first-order valence-electron chi connectivity index (χ1n) is 8.82. The highest BCUT2D eigenvalue weighted by atomic mass is 16.6. The van der Waals surface area contributed by atoms with Gasteiger partial charge in [0.15, 0.2) is 5.78 Å². The second-order valence-electron chi connectivity index (χ2n) is 8.71. The number of hydrogen-bond acceptors (Lipinski definition) is 4. The standard InChI is InChI=1S/C19H24O4/c1-17-6-3-10(20)9-12(17)15-16(23-15)14-11(17)4-7-18(2)13(21)5-8-19(14,18)22/h3,6,9,11,13-16,21-22H,4-5,7-8H2,1-2H3/t11-,13-,14-,15-,16+,17+,18+,19+/m0/s1. The summed E-state index contributed by atoms with van der Waals surface area (Å²) in [6, 6.07) is 0. The van der Waals surface area contributed by atoms with Gasteiger partial charge in [0.2, 0.25) is 0 Å². The van der Waals surface area contributed by atoms with E-state index in [-0.39, 0.29) is 35.2 Å². The Morgan fingerprint density at radius 3 is 2.83 bits per heavy atom. The molecule has 1 aliphatic heterocycles. The van der Waals surface area contributed by atoms with Crippen molar-refractivity contribution in [3.05, 3.63) is 23.8 Å². The molecule has 4 nitrogen and oxygen atoms in total. The van der Waals surface area contributed by atoms with Crippen LogP contribution in [0.2, 0.25) is 0 Å². The van der Waals surface area contributed by atoms with Gasteiger partial charge in [0.1, 0.15) is 6.10 Å². The number of hydrogen-bond donors (Lipinski definition) is 2. The van der Waals surface area contributed by atoms with E-state index in [0.717, 1.165) is 18.4 Å². The molecule has 124 valence electrons. The molecule has 0 aromatic rings. The number of fused-ring (bicyclic) bond motifs is 8. The number of ketones is 1. The molecule has 4 heteroatoms. The minimum Gasteiger partial charge on any atom is -0.392 e. The number of aliphatic hydroxyl groups excluding tert-OH is 1. The molecule has 0 aromatic carbocycles. The SMILES string of the molecule is C[C@]12C=CC(=O)C=C1[C@@H]1O[C@@H]1[C@@H]1[C@@H]2CC[C@]2(C)[C@@H](O)CC[C@@]12O. The molecule has 1 saturated heterocycles. The summed E-state index contributed by atoms with van der Waals surface area (Å²) in [4.78, 5) is 11.8. The van der Waals surface area contributed by atoms with Crippen LogP contribution in [-0.4, -0.2) is 39.9 Å².